The molecule has 30 heavy (non-hydrogen) atoms. The number of rotatable bonds is 6. The number of pyridine rings is 1. The number of carbonyl (C=O) groups excluding carboxylic acids is 1. The fourth-order valence-electron chi connectivity index (χ4n) is 4.05. The number of fused-ring (bicyclic) bond motifs is 3. The maximum absolute atomic E-state index is 13.6. The second-order valence-corrected chi connectivity index (χ2v) is 7.93. The van der Waals surface area contributed by atoms with Crippen molar-refractivity contribution in [3.8, 4) is 0 Å². The summed E-state index contributed by atoms with van der Waals surface area (Å²) < 4.78 is 15.8. The summed E-state index contributed by atoms with van der Waals surface area (Å²) >= 11 is 0. The Bertz CT molecular complexity index is 1120. The molecule has 4 rings (SSSR count). The molecular weight excluding hydrogens is 383 g/mol. The summed E-state index contributed by atoms with van der Waals surface area (Å²) in [4.78, 5) is 21.1. The highest BCUT2D eigenvalue weighted by Crippen LogP contribution is 2.34. The molecule has 0 radical (unpaired) electrons. The first kappa shape index (κ1) is 20.1. The van der Waals surface area contributed by atoms with E-state index < -0.39 is 5.95 Å². The number of nitrogens with one attached hydrogen (secondary N) is 1. The second kappa shape index (κ2) is 8.26. The summed E-state index contributed by atoms with van der Waals surface area (Å²) in [5, 5.41) is 8.12. The predicted molar refractivity (Wildman–Crippen MR) is 114 cm³/mol. The van der Waals surface area contributed by atoms with Gasteiger partial charge in [0.05, 0.1) is 18.5 Å². The lowest BCUT2D eigenvalue weighted by Gasteiger charge is -2.16. The first-order valence-electron chi connectivity index (χ1n) is 10.1. The third-order valence-electron chi connectivity index (χ3n) is 5.47. The van der Waals surface area contributed by atoms with E-state index >= 15 is 0 Å². The molecule has 1 unspecified atom stereocenters. The van der Waals surface area contributed by atoms with E-state index in [1.807, 2.05) is 32.0 Å². The molecule has 1 N–H and O–H groups in total. The Kier molecular flexibility index (Phi) is 5.53. The number of benzene rings is 1. The zero-order chi connectivity index (χ0) is 21.3. The molecule has 2 aromatic heterocycles. The third kappa shape index (κ3) is 3.92. The molecule has 1 aromatic carbocycles. The Hall–Kier alpha value is -3.22. The molecule has 0 fully saturated rings. The average molecular weight is 408 g/mol. The number of hydrogen-bond acceptors (Lipinski definition) is 4. The number of amides is 1. The van der Waals surface area contributed by atoms with Crippen LogP contribution in [-0.4, -0.2) is 34.8 Å². The number of oxime groups is 1. The van der Waals surface area contributed by atoms with Gasteiger partial charge in [0.25, 0.3) is 0 Å². The van der Waals surface area contributed by atoms with Gasteiger partial charge in [-0.2, -0.15) is 4.39 Å². The average Bonchev–Trinajstić information content (AvgIpc) is 3.24. The molecule has 0 saturated carbocycles. The normalized spacial score (nSPS) is 15.8. The van der Waals surface area contributed by atoms with Crippen LogP contribution in [0.1, 0.15) is 36.4 Å². The summed E-state index contributed by atoms with van der Waals surface area (Å²) in [5.74, 6) is -0.487. The van der Waals surface area contributed by atoms with E-state index in [9.17, 15) is 9.18 Å². The largest absolute Gasteiger partial charge is 0.399 e. The van der Waals surface area contributed by atoms with E-state index in [-0.39, 0.29) is 17.9 Å². The number of nitrogens with zero attached hydrogens (tertiary/aromatic N) is 3. The standard InChI is InChI=1S/C23H25FN4O2/c1-14(2)23(29)27-17-10-19-18-9-15(12-25-30-3)7-8-20(18)28(21(19)11-17)13-16-5-4-6-22(24)26-16/h4-9,12,14,17H,10-11,13H2,1-3H3,(H,27,29). The second-order valence-electron chi connectivity index (χ2n) is 7.93. The van der Waals surface area contributed by atoms with Crippen LogP contribution in [0.15, 0.2) is 41.6 Å². The SMILES string of the molecule is CON=Cc1ccc2c(c1)c1c(n2Cc2cccc(F)n2)CC(NC(=O)C(C)C)C1. The van der Waals surface area contributed by atoms with Gasteiger partial charge in [-0.15, -0.1) is 0 Å². The molecule has 3 aromatic rings. The van der Waals surface area contributed by atoms with E-state index in [2.05, 4.69) is 26.1 Å². The van der Waals surface area contributed by atoms with Gasteiger partial charge in [-0.05, 0) is 41.8 Å². The first-order chi connectivity index (χ1) is 14.5. The van der Waals surface area contributed by atoms with Crippen molar-refractivity contribution in [1.82, 2.24) is 14.9 Å². The van der Waals surface area contributed by atoms with Crippen LogP contribution in [0.3, 0.4) is 0 Å². The van der Waals surface area contributed by atoms with Crippen molar-refractivity contribution in [2.75, 3.05) is 7.11 Å². The first-order valence-corrected chi connectivity index (χ1v) is 10.1. The summed E-state index contributed by atoms with van der Waals surface area (Å²) in [6, 6.07) is 11.0. The minimum absolute atomic E-state index is 0.0531. The van der Waals surface area contributed by atoms with Gasteiger partial charge in [-0.1, -0.05) is 31.1 Å². The van der Waals surface area contributed by atoms with Crippen LogP contribution >= 0.6 is 0 Å². The number of halogens is 1. The molecule has 156 valence electrons. The summed E-state index contributed by atoms with van der Waals surface area (Å²) in [5.41, 5.74) is 5.03. The van der Waals surface area contributed by atoms with Crippen LogP contribution in [0.2, 0.25) is 0 Å². The Morgan fingerprint density at radius 1 is 1.37 bits per heavy atom. The lowest BCUT2D eigenvalue weighted by molar-refractivity contribution is -0.124. The van der Waals surface area contributed by atoms with E-state index in [0.717, 1.165) is 35.0 Å². The fourth-order valence-corrected chi connectivity index (χ4v) is 4.05. The molecule has 2 heterocycles. The zero-order valence-corrected chi connectivity index (χ0v) is 17.4. The Morgan fingerprint density at radius 3 is 2.93 bits per heavy atom. The topological polar surface area (TPSA) is 68.5 Å². The van der Waals surface area contributed by atoms with Gasteiger partial charge in [-0.3, -0.25) is 4.79 Å². The maximum atomic E-state index is 13.6. The van der Waals surface area contributed by atoms with Gasteiger partial charge < -0.3 is 14.7 Å². The van der Waals surface area contributed by atoms with Crippen LogP contribution in [0.4, 0.5) is 4.39 Å². The number of aromatic nitrogens is 2. The summed E-state index contributed by atoms with van der Waals surface area (Å²) in [6.07, 6.45) is 3.17. The van der Waals surface area contributed by atoms with Gasteiger partial charge in [0.15, 0.2) is 0 Å². The molecule has 7 heteroatoms. The lowest BCUT2D eigenvalue weighted by atomic mass is 10.1. The minimum Gasteiger partial charge on any atom is -0.399 e. The van der Waals surface area contributed by atoms with Crippen molar-refractivity contribution in [2.24, 2.45) is 11.1 Å². The van der Waals surface area contributed by atoms with Crippen molar-refractivity contribution < 1.29 is 14.0 Å². The zero-order valence-electron chi connectivity index (χ0n) is 17.4. The van der Waals surface area contributed by atoms with Crippen LogP contribution in [-0.2, 0) is 29.0 Å². The van der Waals surface area contributed by atoms with Crippen molar-refractivity contribution >= 4 is 23.0 Å². The molecular formula is C23H25FN4O2. The lowest BCUT2D eigenvalue weighted by Crippen LogP contribution is -2.38. The van der Waals surface area contributed by atoms with Crippen molar-refractivity contribution in [2.45, 2.75) is 39.3 Å². The van der Waals surface area contributed by atoms with Gasteiger partial charge in [0, 0.05) is 35.0 Å². The number of hydrogen-bond donors (Lipinski definition) is 1. The molecule has 0 spiro atoms. The molecule has 6 nitrogen and oxygen atoms in total. The molecule has 1 aliphatic rings. The highest BCUT2D eigenvalue weighted by Gasteiger charge is 2.30. The van der Waals surface area contributed by atoms with E-state index in [1.165, 1.54) is 18.7 Å². The highest BCUT2D eigenvalue weighted by molar-refractivity contribution is 5.93. The van der Waals surface area contributed by atoms with E-state index in [1.54, 1.807) is 12.3 Å². The van der Waals surface area contributed by atoms with Gasteiger partial charge in [0.2, 0.25) is 11.9 Å². The fraction of sp³-hybridized carbons (Fsp3) is 0.348. The smallest absolute Gasteiger partial charge is 0.222 e. The van der Waals surface area contributed by atoms with Gasteiger partial charge in [0.1, 0.15) is 7.11 Å². The molecule has 1 aliphatic carbocycles. The summed E-state index contributed by atoms with van der Waals surface area (Å²) in [6.45, 7) is 4.26. The molecule has 0 bridgehead atoms. The van der Waals surface area contributed by atoms with Gasteiger partial charge >= 0.3 is 0 Å². The van der Waals surface area contributed by atoms with E-state index in [4.69, 9.17) is 4.84 Å². The quantitative estimate of drug-likeness (QED) is 0.386. The minimum atomic E-state index is -0.485. The Balaban J connectivity index is 1.75. The van der Waals surface area contributed by atoms with Crippen LogP contribution in [0, 0.1) is 11.9 Å². The van der Waals surface area contributed by atoms with Gasteiger partial charge in [-0.25, -0.2) is 4.98 Å². The van der Waals surface area contributed by atoms with Crippen LogP contribution in [0.25, 0.3) is 10.9 Å². The third-order valence-corrected chi connectivity index (χ3v) is 5.47. The Morgan fingerprint density at radius 2 is 2.20 bits per heavy atom. The Labute approximate surface area is 174 Å². The molecule has 1 atom stereocenters. The summed E-state index contributed by atoms with van der Waals surface area (Å²) in [7, 11) is 1.51. The van der Waals surface area contributed by atoms with Crippen LogP contribution < -0.4 is 5.32 Å². The van der Waals surface area contributed by atoms with Crippen molar-refractivity contribution in [3.05, 3.63) is 64.9 Å². The molecule has 0 saturated heterocycles. The van der Waals surface area contributed by atoms with Crippen LogP contribution in [0.5, 0.6) is 0 Å². The predicted octanol–water partition coefficient (Wildman–Crippen LogP) is 3.44. The van der Waals surface area contributed by atoms with Crippen molar-refractivity contribution in [1.29, 1.82) is 0 Å². The monoisotopic (exact) mass is 408 g/mol. The molecule has 1 amide bonds. The highest BCUT2D eigenvalue weighted by atomic mass is 19.1. The van der Waals surface area contributed by atoms with Crippen molar-refractivity contribution in [3.63, 3.8) is 0 Å². The number of carbonyl (C=O) groups is 1. The maximum Gasteiger partial charge on any atom is 0.222 e. The van der Waals surface area contributed by atoms with E-state index in [0.29, 0.717) is 12.2 Å². The molecule has 0 aliphatic heterocycles.